The second-order valence-corrected chi connectivity index (χ2v) is 8.15. The first-order valence-corrected chi connectivity index (χ1v) is 10.2. The third kappa shape index (κ3) is 4.27. The van der Waals surface area contributed by atoms with Gasteiger partial charge in [0.25, 0.3) is 15.9 Å². The Labute approximate surface area is 156 Å². The predicted molar refractivity (Wildman–Crippen MR) is 102 cm³/mol. The molecule has 0 radical (unpaired) electrons. The van der Waals surface area contributed by atoms with E-state index in [0.29, 0.717) is 10.7 Å². The number of carbonyl (C=O) groups excluding carboxylic acids is 1. The normalized spacial score (nSPS) is 12.3. The molecule has 0 saturated heterocycles. The number of sulfonamides is 1. The van der Waals surface area contributed by atoms with Crippen LogP contribution in [0.4, 0.5) is 5.13 Å². The number of thiazole rings is 1. The van der Waals surface area contributed by atoms with E-state index in [9.17, 15) is 13.2 Å². The summed E-state index contributed by atoms with van der Waals surface area (Å²) in [5.41, 5.74) is 1.38. The van der Waals surface area contributed by atoms with Crippen LogP contribution >= 0.6 is 11.3 Å². The Morgan fingerprint density at radius 3 is 2.38 bits per heavy atom. The van der Waals surface area contributed by atoms with Crippen molar-refractivity contribution in [1.82, 2.24) is 10.3 Å². The molecule has 2 N–H and O–H groups in total. The number of nitrogens with zero attached hydrogens (tertiary/aromatic N) is 1. The number of amides is 1. The molecule has 26 heavy (non-hydrogen) atoms. The van der Waals surface area contributed by atoms with Crippen LogP contribution in [0.2, 0.25) is 0 Å². The molecule has 1 heterocycles. The van der Waals surface area contributed by atoms with Gasteiger partial charge in [-0.1, -0.05) is 30.3 Å². The summed E-state index contributed by atoms with van der Waals surface area (Å²) in [7, 11) is -3.73. The average Bonchev–Trinajstić information content (AvgIpc) is 3.14. The van der Waals surface area contributed by atoms with Crippen molar-refractivity contribution in [3.8, 4) is 0 Å². The van der Waals surface area contributed by atoms with Crippen LogP contribution < -0.4 is 10.0 Å². The van der Waals surface area contributed by atoms with E-state index in [1.165, 1.54) is 41.8 Å². The highest BCUT2D eigenvalue weighted by atomic mass is 32.2. The van der Waals surface area contributed by atoms with E-state index in [-0.39, 0.29) is 16.8 Å². The third-order valence-electron chi connectivity index (χ3n) is 3.73. The smallest absolute Gasteiger partial charge is 0.263 e. The van der Waals surface area contributed by atoms with E-state index in [1.54, 1.807) is 5.38 Å². The van der Waals surface area contributed by atoms with Gasteiger partial charge in [0.2, 0.25) is 0 Å². The standard InChI is InChI=1S/C18H17N3O3S2/c1-13(14-5-3-2-4-6-14)20-17(22)15-7-9-16(10-8-15)26(23,24)21-18-19-11-12-25-18/h2-13H,1H3,(H,19,21)(H,20,22)/t13-/m1/s1. The van der Waals surface area contributed by atoms with Gasteiger partial charge in [-0.05, 0) is 36.8 Å². The Hall–Kier alpha value is -2.71. The maximum atomic E-state index is 12.4. The Morgan fingerprint density at radius 1 is 1.08 bits per heavy atom. The molecule has 0 aliphatic carbocycles. The maximum absolute atomic E-state index is 12.4. The van der Waals surface area contributed by atoms with Crippen LogP contribution in [0.15, 0.2) is 71.1 Å². The molecule has 0 unspecified atom stereocenters. The van der Waals surface area contributed by atoms with Crippen molar-refractivity contribution in [2.24, 2.45) is 0 Å². The van der Waals surface area contributed by atoms with Crippen LogP contribution in [-0.2, 0) is 10.0 Å². The van der Waals surface area contributed by atoms with E-state index in [1.807, 2.05) is 37.3 Å². The van der Waals surface area contributed by atoms with Crippen molar-refractivity contribution in [1.29, 1.82) is 0 Å². The zero-order chi connectivity index (χ0) is 18.6. The number of carbonyl (C=O) groups is 1. The Morgan fingerprint density at radius 2 is 1.77 bits per heavy atom. The summed E-state index contributed by atoms with van der Waals surface area (Å²) in [5, 5.41) is 4.87. The fourth-order valence-corrected chi connectivity index (χ4v) is 4.13. The highest BCUT2D eigenvalue weighted by Gasteiger charge is 2.17. The molecule has 8 heteroatoms. The second-order valence-electron chi connectivity index (χ2n) is 5.57. The zero-order valence-corrected chi connectivity index (χ0v) is 15.5. The van der Waals surface area contributed by atoms with Gasteiger partial charge in [0.05, 0.1) is 10.9 Å². The molecule has 0 saturated carbocycles. The Bertz CT molecular complexity index is 970. The van der Waals surface area contributed by atoms with Gasteiger partial charge in [-0.25, -0.2) is 13.4 Å². The molecule has 134 valence electrons. The molecular weight excluding hydrogens is 370 g/mol. The molecular formula is C18H17N3O3S2. The number of anilines is 1. The summed E-state index contributed by atoms with van der Waals surface area (Å²) < 4.78 is 27.0. The lowest BCUT2D eigenvalue weighted by Gasteiger charge is -2.14. The summed E-state index contributed by atoms with van der Waals surface area (Å²) in [6.45, 7) is 1.89. The van der Waals surface area contributed by atoms with Crippen molar-refractivity contribution >= 4 is 32.4 Å². The van der Waals surface area contributed by atoms with E-state index < -0.39 is 10.0 Å². The summed E-state index contributed by atoms with van der Waals surface area (Å²) in [6, 6.07) is 15.2. The minimum Gasteiger partial charge on any atom is -0.346 e. The fourth-order valence-electron chi connectivity index (χ4n) is 2.34. The number of aromatic nitrogens is 1. The minimum absolute atomic E-state index is 0.0698. The predicted octanol–water partition coefficient (Wildman–Crippen LogP) is 3.43. The van der Waals surface area contributed by atoms with Crippen LogP contribution in [0.25, 0.3) is 0 Å². The first-order valence-electron chi connectivity index (χ1n) is 7.84. The molecule has 0 bridgehead atoms. The van der Waals surface area contributed by atoms with Gasteiger partial charge in [-0.15, -0.1) is 11.3 Å². The molecule has 0 spiro atoms. The van der Waals surface area contributed by atoms with Gasteiger partial charge in [-0.2, -0.15) is 0 Å². The van der Waals surface area contributed by atoms with Crippen molar-refractivity contribution < 1.29 is 13.2 Å². The van der Waals surface area contributed by atoms with Crippen LogP contribution in [0.3, 0.4) is 0 Å². The van der Waals surface area contributed by atoms with E-state index in [4.69, 9.17) is 0 Å². The first kappa shape index (κ1) is 18.1. The van der Waals surface area contributed by atoms with Crippen molar-refractivity contribution in [3.63, 3.8) is 0 Å². The van der Waals surface area contributed by atoms with Gasteiger partial charge in [-0.3, -0.25) is 9.52 Å². The molecule has 0 aliphatic heterocycles. The van der Waals surface area contributed by atoms with Gasteiger partial charge in [0.15, 0.2) is 5.13 Å². The molecule has 1 amide bonds. The van der Waals surface area contributed by atoms with Gasteiger partial charge in [0.1, 0.15) is 0 Å². The van der Waals surface area contributed by atoms with E-state index in [0.717, 1.165) is 5.56 Å². The number of nitrogens with one attached hydrogen (secondary N) is 2. The number of hydrogen-bond acceptors (Lipinski definition) is 5. The quantitative estimate of drug-likeness (QED) is 0.678. The lowest BCUT2D eigenvalue weighted by molar-refractivity contribution is 0.0940. The van der Waals surface area contributed by atoms with Crippen LogP contribution in [0.5, 0.6) is 0 Å². The topological polar surface area (TPSA) is 88.2 Å². The van der Waals surface area contributed by atoms with Gasteiger partial charge < -0.3 is 5.32 Å². The van der Waals surface area contributed by atoms with Crippen molar-refractivity contribution in [3.05, 3.63) is 77.3 Å². The minimum atomic E-state index is -3.73. The number of hydrogen-bond donors (Lipinski definition) is 2. The molecule has 0 fully saturated rings. The summed E-state index contributed by atoms with van der Waals surface area (Å²) in [4.78, 5) is 16.3. The van der Waals surface area contributed by atoms with Crippen LogP contribution in [0, 0.1) is 0 Å². The number of rotatable bonds is 6. The average molecular weight is 387 g/mol. The number of benzene rings is 2. The molecule has 1 aromatic heterocycles. The summed E-state index contributed by atoms with van der Waals surface area (Å²) in [5.74, 6) is -0.266. The summed E-state index contributed by atoms with van der Waals surface area (Å²) in [6.07, 6.45) is 1.52. The Balaban J connectivity index is 1.70. The molecule has 2 aromatic carbocycles. The van der Waals surface area contributed by atoms with Crippen molar-refractivity contribution in [2.75, 3.05) is 4.72 Å². The molecule has 3 aromatic rings. The monoisotopic (exact) mass is 387 g/mol. The van der Waals surface area contributed by atoms with E-state index >= 15 is 0 Å². The molecule has 0 aliphatic rings. The van der Waals surface area contributed by atoms with Gasteiger partial charge in [0, 0.05) is 17.1 Å². The molecule has 1 atom stereocenters. The largest absolute Gasteiger partial charge is 0.346 e. The molecule has 6 nitrogen and oxygen atoms in total. The van der Waals surface area contributed by atoms with E-state index in [2.05, 4.69) is 15.0 Å². The first-order chi connectivity index (χ1) is 12.5. The highest BCUT2D eigenvalue weighted by Crippen LogP contribution is 2.19. The second kappa shape index (κ2) is 7.67. The lowest BCUT2D eigenvalue weighted by atomic mass is 10.1. The highest BCUT2D eigenvalue weighted by molar-refractivity contribution is 7.93. The van der Waals surface area contributed by atoms with Crippen LogP contribution in [-0.4, -0.2) is 19.3 Å². The SMILES string of the molecule is C[C@@H](NC(=O)c1ccc(S(=O)(=O)Nc2nccs2)cc1)c1ccccc1. The lowest BCUT2D eigenvalue weighted by Crippen LogP contribution is -2.26. The maximum Gasteiger partial charge on any atom is 0.263 e. The Kier molecular flexibility index (Phi) is 5.34. The summed E-state index contributed by atoms with van der Waals surface area (Å²) >= 11 is 1.19. The fraction of sp³-hybridized carbons (Fsp3) is 0.111. The third-order valence-corrected chi connectivity index (χ3v) is 5.90. The zero-order valence-electron chi connectivity index (χ0n) is 13.9. The van der Waals surface area contributed by atoms with Gasteiger partial charge >= 0.3 is 0 Å². The molecule has 3 rings (SSSR count). The van der Waals surface area contributed by atoms with Crippen molar-refractivity contribution in [2.45, 2.75) is 17.9 Å². The van der Waals surface area contributed by atoms with Crippen LogP contribution in [0.1, 0.15) is 28.9 Å².